The Kier molecular flexibility index (Phi) is 4.91. The maximum absolute atomic E-state index is 11.9. The lowest BCUT2D eigenvalue weighted by atomic mass is 10.0. The fraction of sp³-hybridized carbons (Fsp3) is 0.700. The number of aryl methyl sites for hydroxylation is 1. The Hall–Kier alpha value is -0.660. The molecule has 0 atom stereocenters. The predicted octanol–water partition coefficient (Wildman–Crippen LogP) is 1.46. The van der Waals surface area contributed by atoms with E-state index in [1.54, 1.807) is 6.92 Å². The summed E-state index contributed by atoms with van der Waals surface area (Å²) in [6, 6.07) is 0. The molecule has 0 fully saturated rings. The van der Waals surface area contributed by atoms with E-state index in [-0.39, 0.29) is 9.08 Å². The molecule has 0 saturated carbocycles. The first kappa shape index (κ1) is 14.4. The van der Waals surface area contributed by atoms with E-state index in [0.29, 0.717) is 18.2 Å². The molecule has 17 heavy (non-hydrogen) atoms. The van der Waals surface area contributed by atoms with Crippen LogP contribution in [0.15, 0.2) is 9.00 Å². The molecule has 1 aromatic rings. The van der Waals surface area contributed by atoms with Crippen molar-refractivity contribution in [3.63, 3.8) is 0 Å². The largest absolute Gasteiger partial charge is 0.315 e. The maximum atomic E-state index is 11.9. The molecule has 2 N–H and O–H groups in total. The van der Waals surface area contributed by atoms with Crippen LogP contribution in [0.1, 0.15) is 32.4 Å². The van der Waals surface area contributed by atoms with Gasteiger partial charge in [0.05, 0.1) is 0 Å². The highest BCUT2D eigenvalue weighted by Crippen LogP contribution is 2.16. The summed E-state index contributed by atoms with van der Waals surface area (Å²) in [4.78, 5) is 13.2. The van der Waals surface area contributed by atoms with Crippen molar-refractivity contribution >= 4 is 21.4 Å². The first-order valence-electron chi connectivity index (χ1n) is 5.60. The van der Waals surface area contributed by atoms with Crippen molar-refractivity contribution in [1.82, 2.24) is 9.71 Å². The van der Waals surface area contributed by atoms with Crippen LogP contribution < -0.4 is 9.60 Å². The molecule has 1 heterocycles. The highest BCUT2D eigenvalue weighted by Gasteiger charge is 2.21. The van der Waals surface area contributed by atoms with Crippen LogP contribution in [0.2, 0.25) is 0 Å². The summed E-state index contributed by atoms with van der Waals surface area (Å²) >= 11 is 0.727. The van der Waals surface area contributed by atoms with Crippen molar-refractivity contribution in [2.24, 2.45) is 5.92 Å². The van der Waals surface area contributed by atoms with Crippen LogP contribution in [0.4, 0.5) is 0 Å². The van der Waals surface area contributed by atoms with Gasteiger partial charge in [-0.25, -0.2) is 13.1 Å². The Bertz CT molecular complexity index is 512. The van der Waals surface area contributed by atoms with Crippen molar-refractivity contribution in [3.05, 3.63) is 15.4 Å². The molecule has 1 aromatic heterocycles. The monoisotopic (exact) mass is 278 g/mol. The number of H-pyrrole nitrogens is 1. The molecule has 7 heteroatoms. The van der Waals surface area contributed by atoms with E-state index in [0.717, 1.165) is 24.2 Å². The standard InChI is InChI=1S/C10H18N2O3S2/c1-4-8(5-2)6-11-17(14,15)9-7(3)12-10(13)16-9/h8,11H,4-6H2,1-3H3,(H,12,13). The number of hydrogen-bond donors (Lipinski definition) is 2. The zero-order valence-electron chi connectivity index (χ0n) is 10.2. The van der Waals surface area contributed by atoms with Crippen LogP contribution >= 0.6 is 11.3 Å². The maximum Gasteiger partial charge on any atom is 0.305 e. The molecule has 0 saturated heterocycles. The van der Waals surface area contributed by atoms with Crippen LogP contribution in [-0.4, -0.2) is 19.9 Å². The molecule has 1 rings (SSSR count). The van der Waals surface area contributed by atoms with Gasteiger partial charge in [-0.1, -0.05) is 38.0 Å². The van der Waals surface area contributed by atoms with Crippen LogP contribution in [0.3, 0.4) is 0 Å². The Morgan fingerprint density at radius 2 is 1.94 bits per heavy atom. The number of nitrogens with one attached hydrogen (secondary N) is 2. The second-order valence-electron chi connectivity index (χ2n) is 3.96. The molecule has 0 aliphatic rings. The van der Waals surface area contributed by atoms with Crippen LogP contribution in [-0.2, 0) is 10.0 Å². The Labute approximate surface area is 105 Å². The second kappa shape index (κ2) is 5.79. The van der Waals surface area contributed by atoms with Gasteiger partial charge in [-0.05, 0) is 12.8 Å². The Morgan fingerprint density at radius 1 is 1.35 bits per heavy atom. The Morgan fingerprint density at radius 3 is 2.35 bits per heavy atom. The summed E-state index contributed by atoms with van der Waals surface area (Å²) in [6.07, 6.45) is 1.86. The minimum absolute atomic E-state index is 0.0912. The van der Waals surface area contributed by atoms with Crippen molar-refractivity contribution in [3.8, 4) is 0 Å². The van der Waals surface area contributed by atoms with Gasteiger partial charge in [-0.15, -0.1) is 0 Å². The minimum atomic E-state index is -3.55. The molecule has 0 radical (unpaired) electrons. The number of thiazole rings is 1. The van der Waals surface area contributed by atoms with E-state index < -0.39 is 10.0 Å². The second-order valence-corrected chi connectivity index (χ2v) is 6.91. The third kappa shape index (κ3) is 3.65. The van der Waals surface area contributed by atoms with E-state index in [1.807, 2.05) is 13.8 Å². The fourth-order valence-corrected chi connectivity index (χ4v) is 3.98. The van der Waals surface area contributed by atoms with Gasteiger partial charge < -0.3 is 4.98 Å². The third-order valence-electron chi connectivity index (χ3n) is 2.74. The lowest BCUT2D eigenvalue weighted by Crippen LogP contribution is -2.29. The Balaban J connectivity index is 2.83. The minimum Gasteiger partial charge on any atom is -0.315 e. The summed E-state index contributed by atoms with van der Waals surface area (Å²) in [5, 5.41) is 0. The zero-order valence-corrected chi connectivity index (χ0v) is 11.9. The van der Waals surface area contributed by atoms with Crippen molar-refractivity contribution in [2.75, 3.05) is 6.54 Å². The first-order valence-corrected chi connectivity index (χ1v) is 7.90. The molecule has 98 valence electrons. The molecule has 0 unspecified atom stereocenters. The number of aromatic nitrogens is 1. The highest BCUT2D eigenvalue weighted by atomic mass is 32.2. The summed E-state index contributed by atoms with van der Waals surface area (Å²) in [5.74, 6) is 0.334. The normalized spacial score (nSPS) is 12.2. The molecule has 0 amide bonds. The first-order chi connectivity index (χ1) is 7.90. The fourth-order valence-electron chi connectivity index (χ4n) is 1.52. The highest BCUT2D eigenvalue weighted by molar-refractivity contribution is 7.91. The molecule has 0 aliphatic carbocycles. The zero-order chi connectivity index (χ0) is 13.1. The summed E-state index contributed by atoms with van der Waals surface area (Å²) in [5.41, 5.74) is 0.400. The van der Waals surface area contributed by atoms with E-state index >= 15 is 0 Å². The van der Waals surface area contributed by atoms with Gasteiger partial charge >= 0.3 is 4.87 Å². The number of sulfonamides is 1. The lowest BCUT2D eigenvalue weighted by molar-refractivity contribution is 0.479. The van der Waals surface area contributed by atoms with E-state index in [2.05, 4.69) is 9.71 Å². The number of hydrogen-bond acceptors (Lipinski definition) is 4. The molecule has 0 aromatic carbocycles. The van der Waals surface area contributed by atoms with Gasteiger partial charge in [0.15, 0.2) is 4.21 Å². The van der Waals surface area contributed by atoms with Crippen LogP contribution in [0.5, 0.6) is 0 Å². The van der Waals surface area contributed by atoms with Crippen molar-refractivity contribution < 1.29 is 8.42 Å². The molecular weight excluding hydrogens is 260 g/mol. The summed E-state index contributed by atoms with van der Waals surface area (Å²) < 4.78 is 26.5. The lowest BCUT2D eigenvalue weighted by Gasteiger charge is -2.12. The van der Waals surface area contributed by atoms with Gasteiger partial charge in [0.2, 0.25) is 0 Å². The summed E-state index contributed by atoms with van der Waals surface area (Å²) in [6.45, 7) is 6.06. The molecule has 0 aliphatic heterocycles. The smallest absolute Gasteiger partial charge is 0.305 e. The average molecular weight is 278 g/mol. The van der Waals surface area contributed by atoms with Crippen LogP contribution in [0, 0.1) is 12.8 Å². The van der Waals surface area contributed by atoms with Gasteiger partial charge in [-0.2, -0.15) is 0 Å². The molecular formula is C10H18N2O3S2. The van der Waals surface area contributed by atoms with Gasteiger partial charge in [0.1, 0.15) is 0 Å². The molecule has 0 bridgehead atoms. The quantitative estimate of drug-likeness (QED) is 0.827. The van der Waals surface area contributed by atoms with E-state index in [1.165, 1.54) is 0 Å². The average Bonchev–Trinajstić information content (AvgIpc) is 2.60. The predicted molar refractivity (Wildman–Crippen MR) is 68.9 cm³/mol. The van der Waals surface area contributed by atoms with Gasteiger partial charge in [0, 0.05) is 12.2 Å². The molecule has 5 nitrogen and oxygen atoms in total. The number of aromatic amines is 1. The van der Waals surface area contributed by atoms with Crippen molar-refractivity contribution in [1.29, 1.82) is 0 Å². The van der Waals surface area contributed by atoms with E-state index in [4.69, 9.17) is 0 Å². The van der Waals surface area contributed by atoms with Crippen LogP contribution in [0.25, 0.3) is 0 Å². The number of rotatable bonds is 6. The molecule has 0 spiro atoms. The van der Waals surface area contributed by atoms with Gasteiger partial charge in [-0.3, -0.25) is 4.79 Å². The van der Waals surface area contributed by atoms with Gasteiger partial charge in [0.25, 0.3) is 10.0 Å². The third-order valence-corrected chi connectivity index (χ3v) is 5.77. The SMILES string of the molecule is CCC(CC)CNS(=O)(=O)c1sc(=O)[nH]c1C. The summed E-state index contributed by atoms with van der Waals surface area (Å²) in [7, 11) is -3.55. The topological polar surface area (TPSA) is 79.0 Å². The van der Waals surface area contributed by atoms with Crippen molar-refractivity contribution in [2.45, 2.75) is 37.8 Å². The van der Waals surface area contributed by atoms with E-state index in [9.17, 15) is 13.2 Å².